The number of benzene rings is 4. The van der Waals surface area contributed by atoms with Crippen LogP contribution in [-0.2, 0) is 4.79 Å². The highest BCUT2D eigenvalue weighted by atomic mass is 16.6. The number of rotatable bonds is 12. The molecule has 0 aliphatic carbocycles. The first kappa shape index (κ1) is 28.9. The van der Waals surface area contributed by atoms with Gasteiger partial charge in [0, 0.05) is 0 Å². The highest BCUT2D eigenvalue weighted by Gasteiger charge is 2.15. The van der Waals surface area contributed by atoms with Crippen LogP contribution in [0, 0.1) is 0 Å². The summed E-state index contributed by atoms with van der Waals surface area (Å²) in [6.07, 6.45) is 1.59. The Morgan fingerprint density at radius 1 is 0.854 bits per heavy atom. The van der Waals surface area contributed by atoms with E-state index < -0.39 is 18.0 Å². The van der Waals surface area contributed by atoms with Crippen molar-refractivity contribution in [1.29, 1.82) is 0 Å². The predicted octanol–water partition coefficient (Wildman–Crippen LogP) is 6.29. The molecule has 4 aromatic rings. The maximum absolute atomic E-state index is 12.6. The highest BCUT2D eigenvalue weighted by Crippen LogP contribution is 2.29. The van der Waals surface area contributed by atoms with Gasteiger partial charge in [0.2, 0.25) is 0 Å². The zero-order valence-corrected chi connectivity index (χ0v) is 23.2. The normalized spacial score (nSPS) is 11.5. The second kappa shape index (κ2) is 14.3. The third kappa shape index (κ3) is 8.19. The van der Waals surface area contributed by atoms with Crippen molar-refractivity contribution in [2.75, 3.05) is 13.7 Å². The van der Waals surface area contributed by atoms with Gasteiger partial charge in [-0.25, -0.2) is 10.2 Å². The number of amides is 1. The lowest BCUT2D eigenvalue weighted by molar-refractivity contribution is -0.127. The number of hydrogen-bond acceptors (Lipinski definition) is 7. The molecule has 1 unspecified atom stereocenters. The van der Waals surface area contributed by atoms with E-state index in [1.54, 1.807) is 49.4 Å². The maximum Gasteiger partial charge on any atom is 0.343 e. The number of esters is 1. The quantitative estimate of drug-likeness (QED) is 0.0961. The summed E-state index contributed by atoms with van der Waals surface area (Å²) >= 11 is 0. The topological polar surface area (TPSA) is 95.5 Å². The minimum Gasteiger partial charge on any atom is -0.494 e. The Bertz CT molecular complexity index is 1470. The van der Waals surface area contributed by atoms with Crippen molar-refractivity contribution in [2.24, 2.45) is 5.10 Å². The van der Waals surface area contributed by atoms with Crippen LogP contribution in [0.15, 0.2) is 102 Å². The second-order valence-corrected chi connectivity index (χ2v) is 9.06. The van der Waals surface area contributed by atoms with Crippen molar-refractivity contribution in [1.82, 2.24) is 5.43 Å². The monoisotopic (exact) mass is 552 g/mol. The number of hydrogen-bond donors (Lipinski definition) is 1. The van der Waals surface area contributed by atoms with Gasteiger partial charge < -0.3 is 18.9 Å². The fourth-order valence-electron chi connectivity index (χ4n) is 3.79. The highest BCUT2D eigenvalue weighted by molar-refractivity contribution is 5.92. The van der Waals surface area contributed by atoms with E-state index in [4.69, 9.17) is 18.9 Å². The van der Waals surface area contributed by atoms with Gasteiger partial charge in [0.1, 0.15) is 11.5 Å². The fraction of sp³-hybridized carbons (Fsp3) is 0.182. The van der Waals surface area contributed by atoms with E-state index in [0.717, 1.165) is 17.5 Å². The standard InChI is InChI=1S/C33H32N2O6/c1-4-20-39-28-15-13-27(14-16-28)33(37)41-30-19-10-24(21-31(30)38-3)22-34-35-32(36)23(2)40-29-17-11-26(12-18-29)25-8-6-5-7-9-25/h5-19,21-23H,4,20H2,1-3H3,(H,35,36)/b34-22+. The summed E-state index contributed by atoms with van der Waals surface area (Å²) in [6, 6.07) is 29.2. The lowest BCUT2D eigenvalue weighted by Gasteiger charge is -2.13. The number of nitrogens with one attached hydrogen (secondary N) is 1. The number of ether oxygens (including phenoxy) is 4. The molecule has 0 radical (unpaired) electrons. The van der Waals surface area contributed by atoms with E-state index in [0.29, 0.717) is 35.0 Å². The van der Waals surface area contributed by atoms with Gasteiger partial charge in [-0.2, -0.15) is 5.10 Å². The molecule has 210 valence electrons. The molecule has 0 bridgehead atoms. The summed E-state index contributed by atoms with van der Waals surface area (Å²) in [5.74, 6) is 0.930. The van der Waals surface area contributed by atoms with Crippen LogP contribution in [0.25, 0.3) is 11.1 Å². The van der Waals surface area contributed by atoms with Gasteiger partial charge in [0.15, 0.2) is 17.6 Å². The maximum atomic E-state index is 12.6. The zero-order valence-electron chi connectivity index (χ0n) is 23.2. The van der Waals surface area contributed by atoms with Crippen LogP contribution < -0.4 is 24.4 Å². The first-order valence-corrected chi connectivity index (χ1v) is 13.2. The molecule has 0 aliphatic rings. The molecule has 1 N–H and O–H groups in total. The minimum absolute atomic E-state index is 0.255. The molecule has 4 aromatic carbocycles. The van der Waals surface area contributed by atoms with Crippen molar-refractivity contribution in [3.8, 4) is 34.1 Å². The molecular weight excluding hydrogens is 520 g/mol. The Kier molecular flexibility index (Phi) is 10.1. The summed E-state index contributed by atoms with van der Waals surface area (Å²) in [7, 11) is 1.47. The van der Waals surface area contributed by atoms with Crippen LogP contribution in [-0.4, -0.2) is 37.9 Å². The number of nitrogens with zero attached hydrogens (tertiary/aromatic N) is 1. The molecule has 0 spiro atoms. The smallest absolute Gasteiger partial charge is 0.343 e. The SMILES string of the molecule is CCCOc1ccc(C(=O)Oc2ccc(/C=N/NC(=O)C(C)Oc3ccc(-c4ccccc4)cc3)cc2OC)cc1. The lowest BCUT2D eigenvalue weighted by atomic mass is 10.1. The second-order valence-electron chi connectivity index (χ2n) is 9.06. The molecule has 0 saturated carbocycles. The van der Waals surface area contributed by atoms with Crippen LogP contribution in [0.3, 0.4) is 0 Å². The molecule has 41 heavy (non-hydrogen) atoms. The van der Waals surface area contributed by atoms with Crippen molar-refractivity contribution in [2.45, 2.75) is 26.4 Å². The zero-order chi connectivity index (χ0) is 29.0. The van der Waals surface area contributed by atoms with E-state index in [9.17, 15) is 9.59 Å². The van der Waals surface area contributed by atoms with E-state index in [2.05, 4.69) is 10.5 Å². The summed E-state index contributed by atoms with van der Waals surface area (Å²) in [5.41, 5.74) is 5.65. The predicted molar refractivity (Wildman–Crippen MR) is 158 cm³/mol. The van der Waals surface area contributed by atoms with Crippen LogP contribution in [0.4, 0.5) is 0 Å². The van der Waals surface area contributed by atoms with E-state index >= 15 is 0 Å². The van der Waals surface area contributed by atoms with Crippen molar-refractivity contribution >= 4 is 18.1 Å². The average molecular weight is 553 g/mol. The number of methoxy groups -OCH3 is 1. The van der Waals surface area contributed by atoms with Crippen molar-refractivity contribution in [3.63, 3.8) is 0 Å². The van der Waals surface area contributed by atoms with Crippen LogP contribution >= 0.6 is 0 Å². The molecule has 0 saturated heterocycles. The van der Waals surface area contributed by atoms with Gasteiger partial charge in [0.25, 0.3) is 5.91 Å². The van der Waals surface area contributed by atoms with Gasteiger partial charge in [0.05, 0.1) is 25.5 Å². The number of hydrazone groups is 1. The van der Waals surface area contributed by atoms with Crippen molar-refractivity contribution < 1.29 is 28.5 Å². The molecule has 0 aromatic heterocycles. The Morgan fingerprint density at radius 2 is 1.54 bits per heavy atom. The third-order valence-corrected chi connectivity index (χ3v) is 5.99. The Hall–Kier alpha value is -5.11. The summed E-state index contributed by atoms with van der Waals surface area (Å²) < 4.78 is 22.2. The molecule has 0 fully saturated rings. The average Bonchev–Trinajstić information content (AvgIpc) is 3.01. The Balaban J connectivity index is 1.30. The van der Waals surface area contributed by atoms with E-state index in [1.807, 2.05) is 61.5 Å². The summed E-state index contributed by atoms with van der Waals surface area (Å²) in [4.78, 5) is 25.1. The van der Waals surface area contributed by atoms with Gasteiger partial charge in [-0.05, 0) is 84.6 Å². The Morgan fingerprint density at radius 3 is 2.22 bits per heavy atom. The van der Waals surface area contributed by atoms with Crippen LogP contribution in [0.5, 0.6) is 23.0 Å². The molecular formula is C33H32N2O6. The largest absolute Gasteiger partial charge is 0.494 e. The van der Waals surface area contributed by atoms with Gasteiger partial charge >= 0.3 is 5.97 Å². The van der Waals surface area contributed by atoms with Gasteiger partial charge in [-0.1, -0.05) is 49.4 Å². The van der Waals surface area contributed by atoms with E-state index in [1.165, 1.54) is 13.3 Å². The van der Waals surface area contributed by atoms with Crippen LogP contribution in [0.1, 0.15) is 36.2 Å². The third-order valence-electron chi connectivity index (χ3n) is 5.99. The molecule has 8 heteroatoms. The molecule has 4 rings (SSSR count). The van der Waals surface area contributed by atoms with Gasteiger partial charge in [-0.15, -0.1) is 0 Å². The van der Waals surface area contributed by atoms with Gasteiger partial charge in [-0.3, -0.25) is 4.79 Å². The summed E-state index contributed by atoms with van der Waals surface area (Å²) in [6.45, 7) is 4.28. The van der Waals surface area contributed by atoms with Crippen LogP contribution in [0.2, 0.25) is 0 Å². The lowest BCUT2D eigenvalue weighted by Crippen LogP contribution is -2.33. The summed E-state index contributed by atoms with van der Waals surface area (Å²) in [5, 5.41) is 4.02. The Labute approximate surface area is 239 Å². The van der Waals surface area contributed by atoms with Crippen molar-refractivity contribution in [3.05, 3.63) is 108 Å². The molecule has 1 amide bonds. The fourth-order valence-corrected chi connectivity index (χ4v) is 3.79. The first-order chi connectivity index (χ1) is 20.0. The molecule has 0 aliphatic heterocycles. The minimum atomic E-state index is -0.765. The molecule has 1 atom stereocenters. The molecule has 8 nitrogen and oxygen atoms in total. The van der Waals surface area contributed by atoms with E-state index in [-0.39, 0.29) is 5.75 Å². The number of carbonyl (C=O) groups is 2. The number of carbonyl (C=O) groups excluding carboxylic acids is 2. The first-order valence-electron chi connectivity index (χ1n) is 13.2. The molecule has 0 heterocycles.